The van der Waals surface area contributed by atoms with Gasteiger partial charge in [0.25, 0.3) is 0 Å². The van der Waals surface area contributed by atoms with Crippen LogP contribution in [0.3, 0.4) is 0 Å². The molecular formula is C24H23Cl2NO4. The number of hydrogen-bond donors (Lipinski definition) is 1. The number of phenolic OH excluding ortho intramolecular Hbond substituents is 1. The molecule has 1 atom stereocenters. The molecule has 1 N–H and O–H groups in total. The normalized spacial score (nSPS) is 20.7. The zero-order chi connectivity index (χ0) is 22.5. The average molecular weight is 460 g/mol. The van der Waals surface area contributed by atoms with Crippen LogP contribution in [0.5, 0.6) is 11.5 Å². The Labute approximate surface area is 191 Å². The highest BCUT2D eigenvalue weighted by molar-refractivity contribution is 6.37. The molecule has 2 aliphatic rings. The van der Waals surface area contributed by atoms with E-state index in [2.05, 4.69) is 0 Å². The third kappa shape index (κ3) is 3.92. The highest BCUT2D eigenvalue weighted by Crippen LogP contribution is 2.49. The second-order valence-corrected chi connectivity index (χ2v) is 9.66. The number of carbonyl (C=O) groups is 2. The smallest absolute Gasteiger partial charge is 0.232 e. The molecule has 1 aliphatic carbocycles. The molecule has 0 bridgehead atoms. The number of Topliss-reactive ketones (excluding diaryl/α,β-unsaturated/α-hetero) is 1. The molecule has 0 fully saturated rings. The van der Waals surface area contributed by atoms with Crippen molar-refractivity contribution in [3.63, 3.8) is 0 Å². The zero-order valence-corrected chi connectivity index (χ0v) is 19.0. The van der Waals surface area contributed by atoms with Gasteiger partial charge in [-0.25, -0.2) is 0 Å². The molecule has 4 rings (SSSR count). The summed E-state index contributed by atoms with van der Waals surface area (Å²) in [6.07, 6.45) is 1.07. The molecule has 2 aromatic rings. The number of methoxy groups -OCH3 is 1. The Morgan fingerprint density at radius 3 is 2.52 bits per heavy atom. The van der Waals surface area contributed by atoms with E-state index in [0.29, 0.717) is 45.6 Å². The van der Waals surface area contributed by atoms with E-state index in [4.69, 9.17) is 27.9 Å². The highest BCUT2D eigenvalue weighted by Gasteiger charge is 2.44. The van der Waals surface area contributed by atoms with Crippen LogP contribution in [-0.2, 0) is 9.59 Å². The van der Waals surface area contributed by atoms with E-state index in [9.17, 15) is 14.7 Å². The number of ether oxygens (including phenoxy) is 1. The van der Waals surface area contributed by atoms with Crippen molar-refractivity contribution >= 4 is 40.6 Å². The number of benzene rings is 2. The molecule has 0 saturated heterocycles. The van der Waals surface area contributed by atoms with Gasteiger partial charge in [-0.1, -0.05) is 43.1 Å². The van der Waals surface area contributed by atoms with Crippen molar-refractivity contribution in [2.24, 2.45) is 5.41 Å². The van der Waals surface area contributed by atoms with Crippen molar-refractivity contribution < 1.29 is 19.4 Å². The SMILES string of the molecule is COc1cc(C2CC(=O)N(c3ccc(Cl)cc3Cl)C3=C2C(=O)CC(C)(C)C3)ccc1O. The van der Waals surface area contributed by atoms with Crippen LogP contribution in [-0.4, -0.2) is 23.9 Å². The molecule has 1 unspecified atom stereocenters. The number of ketones is 1. The van der Waals surface area contributed by atoms with Crippen LogP contribution in [0.25, 0.3) is 0 Å². The highest BCUT2D eigenvalue weighted by atomic mass is 35.5. The Balaban J connectivity index is 1.91. The molecule has 31 heavy (non-hydrogen) atoms. The van der Waals surface area contributed by atoms with E-state index in [-0.39, 0.29) is 29.3 Å². The molecule has 0 spiro atoms. The summed E-state index contributed by atoms with van der Waals surface area (Å²) in [7, 11) is 1.47. The van der Waals surface area contributed by atoms with Crippen molar-refractivity contribution in [2.45, 2.75) is 39.0 Å². The molecule has 1 amide bonds. The van der Waals surface area contributed by atoms with Gasteiger partial charge in [0.05, 0.1) is 17.8 Å². The topological polar surface area (TPSA) is 66.8 Å². The molecule has 162 valence electrons. The summed E-state index contributed by atoms with van der Waals surface area (Å²) in [5.74, 6) is -0.230. The van der Waals surface area contributed by atoms with Gasteiger partial charge >= 0.3 is 0 Å². The van der Waals surface area contributed by atoms with Gasteiger partial charge in [0.2, 0.25) is 5.91 Å². The summed E-state index contributed by atoms with van der Waals surface area (Å²) in [6.45, 7) is 4.04. The number of aromatic hydroxyl groups is 1. The van der Waals surface area contributed by atoms with Crippen LogP contribution in [0.2, 0.25) is 10.0 Å². The van der Waals surface area contributed by atoms with Crippen LogP contribution in [0.1, 0.15) is 44.6 Å². The lowest BCUT2D eigenvalue weighted by Crippen LogP contribution is -2.43. The number of allylic oxidation sites excluding steroid dienone is 2. The van der Waals surface area contributed by atoms with Gasteiger partial charge in [0.1, 0.15) is 0 Å². The number of anilines is 1. The van der Waals surface area contributed by atoms with Gasteiger partial charge in [-0.3, -0.25) is 14.5 Å². The van der Waals surface area contributed by atoms with Crippen LogP contribution >= 0.6 is 23.2 Å². The van der Waals surface area contributed by atoms with Crippen LogP contribution in [0.4, 0.5) is 5.69 Å². The van der Waals surface area contributed by atoms with Gasteiger partial charge in [0, 0.05) is 35.1 Å². The second kappa shape index (κ2) is 7.88. The van der Waals surface area contributed by atoms with Crippen molar-refractivity contribution in [2.75, 3.05) is 12.0 Å². The first-order valence-electron chi connectivity index (χ1n) is 10.0. The summed E-state index contributed by atoms with van der Waals surface area (Å²) in [5, 5.41) is 10.8. The standard InChI is InChI=1S/C24H23Cl2NO4/c1-24(2)11-18-23(20(29)12-24)15(13-4-7-19(28)21(8-13)31-3)10-22(30)27(18)17-6-5-14(25)9-16(17)26/h4-9,15,28H,10-12H2,1-3H3. The number of hydrogen-bond acceptors (Lipinski definition) is 4. The minimum atomic E-state index is -0.414. The molecule has 7 heteroatoms. The summed E-state index contributed by atoms with van der Waals surface area (Å²) >= 11 is 12.5. The molecular weight excluding hydrogens is 437 g/mol. The van der Waals surface area contributed by atoms with Crippen LogP contribution in [0, 0.1) is 5.41 Å². The summed E-state index contributed by atoms with van der Waals surface area (Å²) < 4.78 is 5.24. The fraction of sp³-hybridized carbons (Fsp3) is 0.333. The van der Waals surface area contributed by atoms with E-state index >= 15 is 0 Å². The van der Waals surface area contributed by atoms with Crippen LogP contribution < -0.4 is 9.64 Å². The first-order chi connectivity index (χ1) is 14.6. The minimum Gasteiger partial charge on any atom is -0.504 e. The number of rotatable bonds is 3. The van der Waals surface area contributed by atoms with Crippen molar-refractivity contribution in [1.29, 1.82) is 0 Å². The first kappa shape index (κ1) is 21.7. The third-order valence-electron chi connectivity index (χ3n) is 5.90. The Bertz CT molecular complexity index is 1120. The lowest BCUT2D eigenvalue weighted by molar-refractivity contribution is -0.121. The predicted molar refractivity (Wildman–Crippen MR) is 121 cm³/mol. The predicted octanol–water partition coefficient (Wildman–Crippen LogP) is 5.87. The average Bonchev–Trinajstić information content (AvgIpc) is 2.68. The van der Waals surface area contributed by atoms with Gasteiger partial charge in [-0.05, 0) is 47.7 Å². The lowest BCUT2D eigenvalue weighted by atomic mass is 9.69. The van der Waals surface area contributed by atoms with E-state index in [0.717, 1.165) is 5.56 Å². The molecule has 0 saturated carbocycles. The van der Waals surface area contributed by atoms with E-state index in [1.165, 1.54) is 13.2 Å². The molecule has 0 radical (unpaired) electrons. The van der Waals surface area contributed by atoms with E-state index < -0.39 is 5.92 Å². The lowest BCUT2D eigenvalue weighted by Gasteiger charge is -2.43. The van der Waals surface area contributed by atoms with Gasteiger partial charge in [-0.15, -0.1) is 0 Å². The van der Waals surface area contributed by atoms with E-state index in [1.807, 2.05) is 13.8 Å². The summed E-state index contributed by atoms with van der Waals surface area (Å²) in [4.78, 5) is 28.3. The zero-order valence-electron chi connectivity index (χ0n) is 17.5. The molecule has 5 nitrogen and oxygen atoms in total. The monoisotopic (exact) mass is 459 g/mol. The number of nitrogens with zero attached hydrogens (tertiary/aromatic N) is 1. The summed E-state index contributed by atoms with van der Waals surface area (Å²) in [6, 6.07) is 9.94. The van der Waals surface area contributed by atoms with Crippen molar-refractivity contribution in [3.8, 4) is 11.5 Å². The number of carbonyl (C=O) groups excluding carboxylic acids is 2. The Kier molecular flexibility index (Phi) is 5.52. The van der Waals surface area contributed by atoms with Gasteiger partial charge in [-0.2, -0.15) is 0 Å². The van der Waals surface area contributed by atoms with Crippen LogP contribution in [0.15, 0.2) is 47.7 Å². The second-order valence-electron chi connectivity index (χ2n) is 8.81. The van der Waals surface area contributed by atoms with Crippen molar-refractivity contribution in [1.82, 2.24) is 0 Å². The third-order valence-corrected chi connectivity index (χ3v) is 6.44. The maximum atomic E-state index is 13.4. The summed E-state index contributed by atoms with van der Waals surface area (Å²) in [5.41, 5.74) is 2.29. The molecule has 1 aliphatic heterocycles. The number of amides is 1. The van der Waals surface area contributed by atoms with Crippen molar-refractivity contribution in [3.05, 3.63) is 63.3 Å². The molecule has 1 heterocycles. The fourth-order valence-electron chi connectivity index (χ4n) is 4.55. The fourth-order valence-corrected chi connectivity index (χ4v) is 5.05. The first-order valence-corrected chi connectivity index (χ1v) is 10.8. The minimum absolute atomic E-state index is 0.00765. The molecule has 0 aromatic heterocycles. The number of halogens is 2. The van der Waals surface area contributed by atoms with E-state index in [1.54, 1.807) is 35.2 Å². The Hall–Kier alpha value is -2.50. The van der Waals surface area contributed by atoms with Gasteiger partial charge in [0.15, 0.2) is 17.3 Å². The number of phenols is 1. The largest absolute Gasteiger partial charge is 0.504 e. The van der Waals surface area contributed by atoms with Gasteiger partial charge < -0.3 is 9.84 Å². The quantitative estimate of drug-likeness (QED) is 0.622. The Morgan fingerprint density at radius 1 is 1.10 bits per heavy atom. The maximum absolute atomic E-state index is 13.4. The maximum Gasteiger partial charge on any atom is 0.232 e. The molecule has 2 aromatic carbocycles. The Morgan fingerprint density at radius 2 is 1.84 bits per heavy atom.